The maximum Gasteiger partial charge on any atom is 0.239 e. The van der Waals surface area contributed by atoms with Crippen molar-refractivity contribution in [3.63, 3.8) is 0 Å². The van der Waals surface area contributed by atoms with Crippen molar-refractivity contribution in [2.75, 3.05) is 23.1 Å². The molecule has 15 heavy (non-hydrogen) atoms. The average molecular weight is 225 g/mol. The second-order valence-corrected chi connectivity index (χ2v) is 3.82. The number of aryl methyl sites for hydroxylation is 1. The molecule has 0 unspecified atom stereocenters. The number of hydrogen-bond acceptors (Lipinski definition) is 2. The smallest absolute Gasteiger partial charge is 0.239 e. The lowest BCUT2D eigenvalue weighted by Crippen LogP contribution is -2.18. The van der Waals surface area contributed by atoms with Crippen LogP contribution in [0.1, 0.15) is 12.0 Å². The Labute approximate surface area is 93.8 Å². The van der Waals surface area contributed by atoms with Gasteiger partial charge in [0.1, 0.15) is 5.88 Å². The molecule has 2 rings (SSSR count). The summed E-state index contributed by atoms with van der Waals surface area (Å²) in [5.74, 6) is -0.179. The van der Waals surface area contributed by atoms with Gasteiger partial charge in [-0.25, -0.2) is 0 Å². The molecule has 4 heteroatoms. The predicted molar refractivity (Wildman–Crippen MR) is 62.6 cm³/mol. The molecular weight excluding hydrogens is 212 g/mol. The minimum atomic E-state index is -0.169. The van der Waals surface area contributed by atoms with Gasteiger partial charge >= 0.3 is 0 Å². The molecule has 0 spiro atoms. The van der Waals surface area contributed by atoms with Gasteiger partial charge < -0.3 is 10.6 Å². The van der Waals surface area contributed by atoms with Crippen LogP contribution in [0.3, 0.4) is 0 Å². The molecule has 1 amide bonds. The van der Waals surface area contributed by atoms with E-state index in [0.717, 1.165) is 30.8 Å². The van der Waals surface area contributed by atoms with Crippen LogP contribution in [0.25, 0.3) is 0 Å². The van der Waals surface area contributed by atoms with Gasteiger partial charge in [-0.15, -0.1) is 11.6 Å². The Hall–Kier alpha value is -1.22. The molecule has 1 heterocycles. The number of amides is 1. The van der Waals surface area contributed by atoms with Crippen molar-refractivity contribution in [2.45, 2.75) is 12.8 Å². The standard InChI is InChI=1S/C11H13ClN2O/c12-7-10(15)14-9-5-1-3-8-4-2-6-13-11(8)9/h1,3,5,13H,2,4,6-7H2,(H,14,15). The van der Waals surface area contributed by atoms with Crippen LogP contribution in [0.15, 0.2) is 18.2 Å². The van der Waals surface area contributed by atoms with Gasteiger partial charge in [0.05, 0.1) is 11.4 Å². The van der Waals surface area contributed by atoms with Gasteiger partial charge in [-0.3, -0.25) is 4.79 Å². The van der Waals surface area contributed by atoms with E-state index in [4.69, 9.17) is 11.6 Å². The van der Waals surface area contributed by atoms with E-state index < -0.39 is 0 Å². The van der Waals surface area contributed by atoms with Gasteiger partial charge in [-0.1, -0.05) is 12.1 Å². The number of para-hydroxylation sites is 1. The maximum atomic E-state index is 11.2. The zero-order valence-corrected chi connectivity index (χ0v) is 9.10. The van der Waals surface area contributed by atoms with E-state index in [0.29, 0.717) is 0 Å². The third kappa shape index (κ3) is 2.23. The first-order valence-corrected chi connectivity index (χ1v) is 5.56. The van der Waals surface area contributed by atoms with Crippen molar-refractivity contribution in [1.82, 2.24) is 0 Å². The number of anilines is 2. The molecule has 0 saturated carbocycles. The summed E-state index contributed by atoms with van der Waals surface area (Å²) < 4.78 is 0. The molecule has 0 aromatic heterocycles. The molecule has 1 aromatic carbocycles. The fraction of sp³-hybridized carbons (Fsp3) is 0.364. The summed E-state index contributed by atoms with van der Waals surface area (Å²) in [6.07, 6.45) is 2.20. The second-order valence-electron chi connectivity index (χ2n) is 3.55. The zero-order chi connectivity index (χ0) is 10.7. The van der Waals surface area contributed by atoms with Crippen molar-refractivity contribution in [2.24, 2.45) is 0 Å². The van der Waals surface area contributed by atoms with Gasteiger partial charge in [-0.05, 0) is 24.5 Å². The summed E-state index contributed by atoms with van der Waals surface area (Å²) in [5, 5.41) is 6.09. The molecule has 1 aromatic rings. The topological polar surface area (TPSA) is 41.1 Å². The van der Waals surface area contributed by atoms with Crippen molar-refractivity contribution in [1.29, 1.82) is 0 Å². The van der Waals surface area contributed by atoms with Crippen LogP contribution in [-0.4, -0.2) is 18.3 Å². The highest BCUT2D eigenvalue weighted by Crippen LogP contribution is 2.29. The quantitative estimate of drug-likeness (QED) is 0.757. The molecule has 3 nitrogen and oxygen atoms in total. The molecular formula is C11H13ClN2O. The van der Waals surface area contributed by atoms with Gasteiger partial charge in [0, 0.05) is 6.54 Å². The molecule has 0 atom stereocenters. The van der Waals surface area contributed by atoms with Crippen LogP contribution in [0.5, 0.6) is 0 Å². The molecule has 80 valence electrons. The van der Waals surface area contributed by atoms with Gasteiger partial charge in [0.2, 0.25) is 5.91 Å². The Morgan fingerprint density at radius 1 is 1.53 bits per heavy atom. The van der Waals surface area contributed by atoms with Crippen LogP contribution < -0.4 is 10.6 Å². The van der Waals surface area contributed by atoms with Gasteiger partial charge in [0.15, 0.2) is 0 Å². The summed E-state index contributed by atoms with van der Waals surface area (Å²) in [5.41, 5.74) is 3.13. The highest BCUT2D eigenvalue weighted by molar-refractivity contribution is 6.29. The lowest BCUT2D eigenvalue weighted by molar-refractivity contribution is -0.113. The number of carbonyl (C=O) groups excluding carboxylic acids is 1. The first kappa shape index (κ1) is 10.3. The lowest BCUT2D eigenvalue weighted by atomic mass is 10.0. The largest absolute Gasteiger partial charge is 0.383 e. The van der Waals surface area contributed by atoms with E-state index in [-0.39, 0.29) is 11.8 Å². The number of hydrogen-bond donors (Lipinski definition) is 2. The summed E-state index contributed by atoms with van der Waals surface area (Å²) >= 11 is 5.45. The predicted octanol–water partition coefficient (Wildman–Crippen LogP) is 2.22. The number of nitrogens with one attached hydrogen (secondary N) is 2. The van der Waals surface area contributed by atoms with Gasteiger partial charge in [-0.2, -0.15) is 0 Å². The first-order valence-electron chi connectivity index (χ1n) is 5.03. The minimum Gasteiger partial charge on any atom is -0.383 e. The number of halogens is 1. The number of carbonyl (C=O) groups is 1. The summed E-state index contributed by atoms with van der Waals surface area (Å²) in [4.78, 5) is 11.2. The fourth-order valence-electron chi connectivity index (χ4n) is 1.80. The molecule has 0 radical (unpaired) electrons. The van der Waals surface area contributed by atoms with E-state index in [1.165, 1.54) is 5.56 Å². The normalized spacial score (nSPS) is 13.9. The highest BCUT2D eigenvalue weighted by atomic mass is 35.5. The molecule has 2 N–H and O–H groups in total. The van der Waals surface area contributed by atoms with Crippen molar-refractivity contribution in [3.05, 3.63) is 23.8 Å². The number of benzene rings is 1. The molecule has 0 saturated heterocycles. The van der Waals surface area contributed by atoms with Crippen LogP contribution in [0.4, 0.5) is 11.4 Å². The van der Waals surface area contributed by atoms with Crippen LogP contribution in [-0.2, 0) is 11.2 Å². The monoisotopic (exact) mass is 224 g/mol. The fourth-order valence-corrected chi connectivity index (χ4v) is 1.86. The lowest BCUT2D eigenvalue weighted by Gasteiger charge is -2.21. The molecule has 1 aliphatic rings. The minimum absolute atomic E-state index is 0.0103. The van der Waals surface area contributed by atoms with Crippen LogP contribution >= 0.6 is 11.6 Å². The molecule has 0 fully saturated rings. The zero-order valence-electron chi connectivity index (χ0n) is 8.35. The van der Waals surface area contributed by atoms with Crippen molar-refractivity contribution in [3.8, 4) is 0 Å². The summed E-state index contributed by atoms with van der Waals surface area (Å²) in [7, 11) is 0. The average Bonchev–Trinajstić information content (AvgIpc) is 2.29. The maximum absolute atomic E-state index is 11.2. The van der Waals surface area contributed by atoms with E-state index in [1.807, 2.05) is 12.1 Å². The summed E-state index contributed by atoms with van der Waals surface area (Å²) in [6.45, 7) is 0.959. The Morgan fingerprint density at radius 2 is 2.40 bits per heavy atom. The third-order valence-corrected chi connectivity index (χ3v) is 2.71. The highest BCUT2D eigenvalue weighted by Gasteiger charge is 2.13. The summed E-state index contributed by atoms with van der Waals surface area (Å²) in [6, 6.07) is 5.93. The van der Waals surface area contributed by atoms with Crippen LogP contribution in [0, 0.1) is 0 Å². The van der Waals surface area contributed by atoms with Gasteiger partial charge in [0.25, 0.3) is 0 Å². The Morgan fingerprint density at radius 3 is 3.20 bits per heavy atom. The second kappa shape index (κ2) is 4.53. The third-order valence-electron chi connectivity index (χ3n) is 2.47. The molecule has 0 bridgehead atoms. The van der Waals surface area contributed by atoms with E-state index >= 15 is 0 Å². The number of fused-ring (bicyclic) bond motifs is 1. The van der Waals surface area contributed by atoms with Crippen LogP contribution in [0.2, 0.25) is 0 Å². The first-order chi connectivity index (χ1) is 7.31. The molecule has 1 aliphatic heterocycles. The Bertz CT molecular complexity index is 379. The van der Waals surface area contributed by atoms with E-state index in [9.17, 15) is 4.79 Å². The van der Waals surface area contributed by atoms with E-state index in [2.05, 4.69) is 16.7 Å². The number of rotatable bonds is 2. The Balaban J connectivity index is 2.27. The van der Waals surface area contributed by atoms with Crippen molar-refractivity contribution >= 4 is 28.9 Å². The number of alkyl halides is 1. The molecule has 0 aliphatic carbocycles. The van der Waals surface area contributed by atoms with Crippen molar-refractivity contribution < 1.29 is 4.79 Å². The SMILES string of the molecule is O=C(CCl)Nc1cccc2c1NCCC2. The van der Waals surface area contributed by atoms with E-state index in [1.54, 1.807) is 0 Å². The Kier molecular flexibility index (Phi) is 3.11.